The predicted molar refractivity (Wildman–Crippen MR) is 68.8 cm³/mol. The Hall–Kier alpha value is -1.62. The lowest BCUT2D eigenvalue weighted by molar-refractivity contribution is -0.0599. The van der Waals surface area contributed by atoms with Gasteiger partial charge in [-0.15, -0.1) is 0 Å². The van der Waals surface area contributed by atoms with E-state index in [2.05, 4.69) is 4.99 Å². The lowest BCUT2D eigenvalue weighted by Gasteiger charge is -2.37. The molecule has 1 heterocycles. The van der Waals surface area contributed by atoms with E-state index in [9.17, 15) is 4.39 Å². The zero-order chi connectivity index (χ0) is 13.1. The maximum absolute atomic E-state index is 12.9. The van der Waals surface area contributed by atoms with Gasteiger partial charge in [-0.1, -0.05) is 12.1 Å². The number of nitrogens with two attached hydrogens (primary N) is 1. The molecule has 1 aliphatic heterocycles. The van der Waals surface area contributed by atoms with Crippen molar-refractivity contribution < 1.29 is 9.13 Å². The molecule has 1 saturated heterocycles. The maximum Gasteiger partial charge on any atom is 0.191 e. The molecule has 1 aromatic carbocycles. The highest BCUT2D eigenvalue weighted by atomic mass is 19.1. The van der Waals surface area contributed by atoms with Crippen LogP contribution in [0.2, 0.25) is 0 Å². The molecule has 1 fully saturated rings. The first kappa shape index (κ1) is 12.8. The van der Waals surface area contributed by atoms with E-state index in [0.717, 1.165) is 12.1 Å². The standard InChI is InChI=1S/C13H18FN3O/c1-9-7-17(13(15)16-2)8-12(18-9)10-3-5-11(14)6-4-10/h3-6,9,12H,7-8H2,1-2H3,(H2,15,16). The van der Waals surface area contributed by atoms with Crippen LogP contribution in [-0.4, -0.2) is 37.1 Å². The van der Waals surface area contributed by atoms with Crippen molar-refractivity contribution in [3.63, 3.8) is 0 Å². The first-order chi connectivity index (χ1) is 8.60. The van der Waals surface area contributed by atoms with E-state index in [-0.39, 0.29) is 18.0 Å². The Morgan fingerprint density at radius 2 is 2.06 bits per heavy atom. The normalized spacial score (nSPS) is 25.3. The summed E-state index contributed by atoms with van der Waals surface area (Å²) in [5, 5.41) is 0. The van der Waals surface area contributed by atoms with E-state index in [4.69, 9.17) is 10.5 Å². The van der Waals surface area contributed by atoms with Crippen LogP contribution in [0.15, 0.2) is 29.3 Å². The molecule has 1 aromatic rings. The number of nitrogens with zero attached hydrogens (tertiary/aromatic N) is 2. The number of morpholine rings is 1. The summed E-state index contributed by atoms with van der Waals surface area (Å²) >= 11 is 0. The Bertz CT molecular complexity index is 432. The van der Waals surface area contributed by atoms with Crippen molar-refractivity contribution >= 4 is 5.96 Å². The lowest BCUT2D eigenvalue weighted by Crippen LogP contribution is -2.48. The topological polar surface area (TPSA) is 50.8 Å². The molecule has 1 aliphatic rings. The van der Waals surface area contributed by atoms with Crippen LogP contribution in [0.25, 0.3) is 0 Å². The Labute approximate surface area is 106 Å². The molecular weight excluding hydrogens is 233 g/mol. The van der Waals surface area contributed by atoms with Gasteiger partial charge >= 0.3 is 0 Å². The van der Waals surface area contributed by atoms with Crippen molar-refractivity contribution in [2.24, 2.45) is 10.7 Å². The zero-order valence-corrected chi connectivity index (χ0v) is 10.6. The molecule has 0 saturated carbocycles. The molecule has 0 radical (unpaired) electrons. The molecule has 0 aromatic heterocycles. The third-order valence-corrected chi connectivity index (χ3v) is 3.06. The number of hydrogen-bond donors (Lipinski definition) is 1. The van der Waals surface area contributed by atoms with Crippen molar-refractivity contribution in [1.82, 2.24) is 4.90 Å². The molecule has 2 N–H and O–H groups in total. The van der Waals surface area contributed by atoms with E-state index in [1.54, 1.807) is 19.2 Å². The Morgan fingerprint density at radius 3 is 2.67 bits per heavy atom. The number of ether oxygens (including phenoxy) is 1. The summed E-state index contributed by atoms with van der Waals surface area (Å²) in [7, 11) is 1.67. The van der Waals surface area contributed by atoms with Crippen LogP contribution < -0.4 is 5.73 Å². The first-order valence-electron chi connectivity index (χ1n) is 5.98. The minimum atomic E-state index is -0.242. The number of benzene rings is 1. The Balaban J connectivity index is 2.15. The SMILES string of the molecule is CN=C(N)N1CC(C)OC(c2ccc(F)cc2)C1. The monoisotopic (exact) mass is 251 g/mol. The fraction of sp³-hybridized carbons (Fsp3) is 0.462. The van der Waals surface area contributed by atoms with E-state index in [1.807, 2.05) is 11.8 Å². The second-order valence-electron chi connectivity index (χ2n) is 4.47. The number of rotatable bonds is 1. The van der Waals surface area contributed by atoms with Gasteiger partial charge < -0.3 is 15.4 Å². The van der Waals surface area contributed by atoms with E-state index >= 15 is 0 Å². The average molecular weight is 251 g/mol. The molecule has 2 unspecified atom stereocenters. The van der Waals surface area contributed by atoms with Gasteiger partial charge in [-0.2, -0.15) is 0 Å². The van der Waals surface area contributed by atoms with Gasteiger partial charge in [-0.3, -0.25) is 4.99 Å². The second-order valence-corrected chi connectivity index (χ2v) is 4.47. The van der Waals surface area contributed by atoms with Gasteiger partial charge in [0, 0.05) is 13.6 Å². The summed E-state index contributed by atoms with van der Waals surface area (Å²) in [4.78, 5) is 5.98. The van der Waals surface area contributed by atoms with E-state index in [1.165, 1.54) is 12.1 Å². The lowest BCUT2D eigenvalue weighted by atomic mass is 10.1. The van der Waals surface area contributed by atoms with Crippen LogP contribution in [-0.2, 0) is 4.74 Å². The number of halogens is 1. The molecule has 5 heteroatoms. The van der Waals surface area contributed by atoms with Crippen LogP contribution in [0, 0.1) is 5.82 Å². The minimum Gasteiger partial charge on any atom is -0.370 e. The second kappa shape index (κ2) is 5.35. The molecule has 0 aliphatic carbocycles. The van der Waals surface area contributed by atoms with Crippen molar-refractivity contribution in [1.29, 1.82) is 0 Å². The van der Waals surface area contributed by atoms with Gasteiger partial charge in [0.25, 0.3) is 0 Å². The van der Waals surface area contributed by atoms with Gasteiger partial charge in [0.05, 0.1) is 12.6 Å². The van der Waals surface area contributed by atoms with Crippen molar-refractivity contribution in [2.75, 3.05) is 20.1 Å². The van der Waals surface area contributed by atoms with Crippen molar-refractivity contribution in [3.05, 3.63) is 35.6 Å². The molecule has 0 bridgehead atoms. The van der Waals surface area contributed by atoms with E-state index < -0.39 is 0 Å². The highest BCUT2D eigenvalue weighted by Gasteiger charge is 2.27. The quantitative estimate of drug-likeness (QED) is 0.608. The van der Waals surface area contributed by atoms with Gasteiger partial charge in [0.15, 0.2) is 5.96 Å². The largest absolute Gasteiger partial charge is 0.370 e. The number of guanidine groups is 1. The molecule has 98 valence electrons. The first-order valence-corrected chi connectivity index (χ1v) is 5.98. The van der Waals surface area contributed by atoms with Crippen LogP contribution in [0.4, 0.5) is 4.39 Å². The van der Waals surface area contributed by atoms with Crippen LogP contribution in [0.5, 0.6) is 0 Å². The highest BCUT2D eigenvalue weighted by molar-refractivity contribution is 5.78. The van der Waals surface area contributed by atoms with Gasteiger partial charge in [0.1, 0.15) is 11.9 Å². The molecular formula is C13H18FN3O. The summed E-state index contributed by atoms with van der Waals surface area (Å²) in [6, 6.07) is 6.38. The highest BCUT2D eigenvalue weighted by Crippen LogP contribution is 2.25. The Kier molecular flexibility index (Phi) is 3.81. The van der Waals surface area contributed by atoms with Gasteiger partial charge in [0.2, 0.25) is 0 Å². The van der Waals surface area contributed by atoms with E-state index in [0.29, 0.717) is 12.5 Å². The maximum atomic E-state index is 12.9. The summed E-state index contributed by atoms with van der Waals surface area (Å²) in [5.74, 6) is 0.270. The van der Waals surface area contributed by atoms with Crippen molar-refractivity contribution in [3.8, 4) is 0 Å². The summed E-state index contributed by atoms with van der Waals surface area (Å²) in [6.45, 7) is 3.35. The van der Waals surface area contributed by atoms with Crippen LogP contribution in [0.1, 0.15) is 18.6 Å². The smallest absolute Gasteiger partial charge is 0.191 e. The third-order valence-electron chi connectivity index (χ3n) is 3.06. The number of hydrogen-bond acceptors (Lipinski definition) is 2. The molecule has 4 nitrogen and oxygen atoms in total. The summed E-state index contributed by atoms with van der Waals surface area (Å²) in [5.41, 5.74) is 6.79. The zero-order valence-electron chi connectivity index (χ0n) is 10.6. The molecule has 2 rings (SSSR count). The number of aliphatic imine (C=N–C) groups is 1. The minimum absolute atomic E-state index is 0.0640. The fourth-order valence-corrected chi connectivity index (χ4v) is 2.14. The Morgan fingerprint density at radius 1 is 1.39 bits per heavy atom. The van der Waals surface area contributed by atoms with Crippen LogP contribution >= 0.6 is 0 Å². The summed E-state index contributed by atoms with van der Waals surface area (Å²) < 4.78 is 18.8. The van der Waals surface area contributed by atoms with Gasteiger partial charge in [-0.25, -0.2) is 4.39 Å². The van der Waals surface area contributed by atoms with Crippen molar-refractivity contribution in [2.45, 2.75) is 19.1 Å². The average Bonchev–Trinajstić information content (AvgIpc) is 2.38. The molecule has 0 spiro atoms. The third kappa shape index (κ3) is 2.79. The summed E-state index contributed by atoms with van der Waals surface area (Å²) in [6.07, 6.45) is -0.0382. The molecule has 0 amide bonds. The predicted octanol–water partition coefficient (Wildman–Crippen LogP) is 1.53. The fourth-order valence-electron chi connectivity index (χ4n) is 2.14. The van der Waals surface area contributed by atoms with Gasteiger partial charge in [-0.05, 0) is 24.6 Å². The molecule has 18 heavy (non-hydrogen) atoms. The van der Waals surface area contributed by atoms with Crippen LogP contribution in [0.3, 0.4) is 0 Å². The molecule has 2 atom stereocenters.